The standard InChI is InChI=1S/C14H22F2O4/c1-3-19-12(18)14(15,16)11(17)13(20-4-2)9-7-5-6-8-10-13/h3-10H2,1-2H3. The van der Waals surface area contributed by atoms with Crippen LogP contribution in [0.4, 0.5) is 8.78 Å². The van der Waals surface area contributed by atoms with E-state index in [4.69, 9.17) is 4.74 Å². The molecule has 0 aliphatic heterocycles. The van der Waals surface area contributed by atoms with Gasteiger partial charge in [0.15, 0.2) is 0 Å². The van der Waals surface area contributed by atoms with Gasteiger partial charge in [-0.05, 0) is 26.7 Å². The third kappa shape index (κ3) is 3.53. The second-order valence-corrected chi connectivity index (χ2v) is 4.97. The van der Waals surface area contributed by atoms with Crippen molar-refractivity contribution < 1.29 is 27.8 Å². The quantitative estimate of drug-likeness (QED) is 0.429. The first-order valence-corrected chi connectivity index (χ1v) is 7.14. The number of rotatable bonds is 6. The van der Waals surface area contributed by atoms with E-state index in [1.807, 2.05) is 0 Å². The molecule has 0 atom stereocenters. The third-order valence-electron chi connectivity index (χ3n) is 3.56. The minimum absolute atomic E-state index is 0.157. The molecule has 0 aromatic carbocycles. The summed E-state index contributed by atoms with van der Waals surface area (Å²) in [7, 11) is 0. The predicted molar refractivity (Wildman–Crippen MR) is 68.6 cm³/mol. The fourth-order valence-electron chi connectivity index (χ4n) is 2.61. The highest BCUT2D eigenvalue weighted by atomic mass is 19.3. The second kappa shape index (κ2) is 7.11. The van der Waals surface area contributed by atoms with Gasteiger partial charge in [0.2, 0.25) is 5.78 Å². The molecule has 20 heavy (non-hydrogen) atoms. The van der Waals surface area contributed by atoms with Crippen LogP contribution in [0.25, 0.3) is 0 Å². The van der Waals surface area contributed by atoms with Crippen LogP contribution < -0.4 is 0 Å². The molecular formula is C14H22F2O4. The summed E-state index contributed by atoms with van der Waals surface area (Å²) in [5.74, 6) is -7.38. The molecule has 1 saturated carbocycles. The number of Topliss-reactive ketones (excluding diaryl/α,β-unsaturated/α-hetero) is 1. The number of alkyl halides is 2. The van der Waals surface area contributed by atoms with Gasteiger partial charge in [-0.3, -0.25) is 4.79 Å². The molecule has 1 fully saturated rings. The van der Waals surface area contributed by atoms with E-state index in [2.05, 4.69) is 4.74 Å². The first-order chi connectivity index (χ1) is 9.40. The number of ketones is 1. The van der Waals surface area contributed by atoms with Crippen LogP contribution in [0.1, 0.15) is 52.4 Å². The van der Waals surface area contributed by atoms with Crippen molar-refractivity contribution in [2.45, 2.75) is 63.9 Å². The summed E-state index contributed by atoms with van der Waals surface area (Å²) in [4.78, 5) is 23.6. The zero-order chi connectivity index (χ0) is 15.2. The fourth-order valence-corrected chi connectivity index (χ4v) is 2.61. The Hall–Kier alpha value is -1.04. The Balaban J connectivity index is 3.00. The van der Waals surface area contributed by atoms with Crippen LogP contribution in [0.2, 0.25) is 0 Å². The SMILES string of the molecule is CCOC(=O)C(F)(F)C(=O)C1(OCC)CCCCCC1. The van der Waals surface area contributed by atoms with Gasteiger partial charge in [-0.25, -0.2) is 4.79 Å². The van der Waals surface area contributed by atoms with Gasteiger partial charge in [0.1, 0.15) is 5.60 Å². The van der Waals surface area contributed by atoms with E-state index >= 15 is 0 Å². The lowest BCUT2D eigenvalue weighted by Crippen LogP contribution is -2.54. The summed E-state index contributed by atoms with van der Waals surface area (Å²) in [5.41, 5.74) is -1.55. The summed E-state index contributed by atoms with van der Waals surface area (Å²) in [6, 6.07) is 0. The first kappa shape index (κ1) is 17.0. The third-order valence-corrected chi connectivity index (χ3v) is 3.56. The number of halogens is 2. The summed E-state index contributed by atoms with van der Waals surface area (Å²) in [5, 5.41) is 0. The number of hydrogen-bond donors (Lipinski definition) is 0. The Morgan fingerprint density at radius 1 is 1.05 bits per heavy atom. The molecule has 0 amide bonds. The maximum absolute atomic E-state index is 14.0. The van der Waals surface area contributed by atoms with Crippen LogP contribution in [0.5, 0.6) is 0 Å². The van der Waals surface area contributed by atoms with E-state index in [1.54, 1.807) is 6.92 Å². The Kier molecular flexibility index (Phi) is 6.05. The van der Waals surface area contributed by atoms with E-state index in [0.717, 1.165) is 12.8 Å². The number of carbonyl (C=O) groups is 2. The van der Waals surface area contributed by atoms with Crippen molar-refractivity contribution in [1.82, 2.24) is 0 Å². The molecule has 4 nitrogen and oxygen atoms in total. The van der Waals surface area contributed by atoms with Crippen LogP contribution in [0.3, 0.4) is 0 Å². The highest BCUT2D eigenvalue weighted by Crippen LogP contribution is 2.36. The Morgan fingerprint density at radius 3 is 2.05 bits per heavy atom. The Morgan fingerprint density at radius 2 is 1.60 bits per heavy atom. The average Bonchev–Trinajstić information content (AvgIpc) is 2.65. The van der Waals surface area contributed by atoms with Gasteiger partial charge >= 0.3 is 11.9 Å². The maximum Gasteiger partial charge on any atom is 0.402 e. The summed E-state index contributed by atoms with van der Waals surface area (Å²) in [6.45, 7) is 3.04. The topological polar surface area (TPSA) is 52.6 Å². The largest absolute Gasteiger partial charge is 0.461 e. The smallest absolute Gasteiger partial charge is 0.402 e. The zero-order valence-corrected chi connectivity index (χ0v) is 12.0. The molecule has 1 aliphatic carbocycles. The lowest BCUT2D eigenvalue weighted by molar-refractivity contribution is -0.189. The molecule has 0 N–H and O–H groups in total. The van der Waals surface area contributed by atoms with Crippen molar-refractivity contribution in [3.05, 3.63) is 0 Å². The van der Waals surface area contributed by atoms with E-state index in [0.29, 0.717) is 12.8 Å². The lowest BCUT2D eigenvalue weighted by Gasteiger charge is -2.33. The number of hydrogen-bond acceptors (Lipinski definition) is 4. The van der Waals surface area contributed by atoms with Gasteiger partial charge in [-0.15, -0.1) is 0 Å². The molecule has 0 saturated heterocycles. The highest BCUT2D eigenvalue weighted by molar-refractivity contribution is 6.09. The summed E-state index contributed by atoms with van der Waals surface area (Å²) in [6.07, 6.45) is 3.51. The van der Waals surface area contributed by atoms with Crippen LogP contribution in [0.15, 0.2) is 0 Å². The Bertz CT molecular complexity index is 347. The van der Waals surface area contributed by atoms with Gasteiger partial charge in [0.25, 0.3) is 0 Å². The molecule has 0 unspecified atom stereocenters. The highest BCUT2D eigenvalue weighted by Gasteiger charge is 2.58. The van der Waals surface area contributed by atoms with E-state index in [-0.39, 0.29) is 26.1 Å². The second-order valence-electron chi connectivity index (χ2n) is 4.97. The molecule has 0 heterocycles. The molecule has 0 spiro atoms. The Labute approximate surface area is 117 Å². The van der Waals surface area contributed by atoms with E-state index < -0.39 is 23.3 Å². The van der Waals surface area contributed by atoms with E-state index in [1.165, 1.54) is 6.92 Å². The zero-order valence-electron chi connectivity index (χ0n) is 12.0. The van der Waals surface area contributed by atoms with Gasteiger partial charge in [0, 0.05) is 6.61 Å². The predicted octanol–water partition coefficient (Wildman–Crippen LogP) is 2.88. The lowest BCUT2D eigenvalue weighted by atomic mass is 9.86. The number of ether oxygens (including phenoxy) is 2. The van der Waals surface area contributed by atoms with Crippen molar-refractivity contribution in [1.29, 1.82) is 0 Å². The molecule has 0 bridgehead atoms. The van der Waals surface area contributed by atoms with Gasteiger partial charge in [-0.2, -0.15) is 8.78 Å². The molecule has 0 aromatic rings. The fraction of sp³-hybridized carbons (Fsp3) is 0.857. The van der Waals surface area contributed by atoms with Crippen LogP contribution in [-0.4, -0.2) is 36.5 Å². The minimum atomic E-state index is -4.14. The molecule has 0 radical (unpaired) electrons. The molecule has 1 rings (SSSR count). The molecule has 116 valence electrons. The molecule has 1 aliphatic rings. The average molecular weight is 292 g/mol. The van der Waals surface area contributed by atoms with Crippen molar-refractivity contribution in [3.8, 4) is 0 Å². The number of esters is 1. The van der Waals surface area contributed by atoms with E-state index in [9.17, 15) is 18.4 Å². The van der Waals surface area contributed by atoms with Gasteiger partial charge in [-0.1, -0.05) is 25.7 Å². The van der Waals surface area contributed by atoms with Crippen molar-refractivity contribution in [3.63, 3.8) is 0 Å². The van der Waals surface area contributed by atoms with Gasteiger partial charge in [0.05, 0.1) is 6.61 Å². The maximum atomic E-state index is 14.0. The monoisotopic (exact) mass is 292 g/mol. The van der Waals surface area contributed by atoms with Crippen LogP contribution >= 0.6 is 0 Å². The first-order valence-electron chi connectivity index (χ1n) is 7.14. The molecular weight excluding hydrogens is 270 g/mol. The number of carbonyl (C=O) groups excluding carboxylic acids is 2. The van der Waals surface area contributed by atoms with Crippen LogP contribution in [-0.2, 0) is 19.1 Å². The minimum Gasteiger partial charge on any atom is -0.461 e. The molecule has 0 aromatic heterocycles. The van der Waals surface area contributed by atoms with Crippen molar-refractivity contribution in [2.24, 2.45) is 0 Å². The summed E-state index contributed by atoms with van der Waals surface area (Å²) < 4.78 is 37.7. The summed E-state index contributed by atoms with van der Waals surface area (Å²) >= 11 is 0. The normalized spacial score (nSPS) is 19.2. The van der Waals surface area contributed by atoms with Crippen molar-refractivity contribution in [2.75, 3.05) is 13.2 Å². The van der Waals surface area contributed by atoms with Gasteiger partial charge < -0.3 is 9.47 Å². The van der Waals surface area contributed by atoms with Crippen molar-refractivity contribution >= 4 is 11.8 Å². The van der Waals surface area contributed by atoms with Crippen LogP contribution in [0, 0.1) is 0 Å². The molecule has 6 heteroatoms.